The Morgan fingerprint density at radius 3 is 2.29 bits per heavy atom. The second-order valence-corrected chi connectivity index (χ2v) is 7.89. The van der Waals surface area contributed by atoms with E-state index < -0.39 is 0 Å². The summed E-state index contributed by atoms with van der Waals surface area (Å²) in [6, 6.07) is 9.45. The zero-order valence-corrected chi connectivity index (χ0v) is 15.3. The molecule has 1 amide bonds. The van der Waals surface area contributed by atoms with Crippen LogP contribution >= 0.6 is 0 Å². The van der Waals surface area contributed by atoms with E-state index >= 15 is 0 Å². The maximum absolute atomic E-state index is 12.6. The largest absolute Gasteiger partial charge is 0.350 e. The molecule has 1 heterocycles. The number of para-hydroxylation sites is 1. The van der Waals surface area contributed by atoms with Gasteiger partial charge in [-0.05, 0) is 43.9 Å². The molecule has 128 valence electrons. The second-order valence-electron chi connectivity index (χ2n) is 7.89. The molecule has 0 unspecified atom stereocenters. The highest BCUT2D eigenvalue weighted by molar-refractivity contribution is 6.03. The van der Waals surface area contributed by atoms with Crippen LogP contribution < -0.4 is 10.6 Å². The Morgan fingerprint density at radius 1 is 1.00 bits per heavy atom. The van der Waals surface area contributed by atoms with E-state index in [0.717, 1.165) is 11.3 Å². The van der Waals surface area contributed by atoms with Crippen LogP contribution in [0.25, 0.3) is 0 Å². The lowest BCUT2D eigenvalue weighted by molar-refractivity contribution is 0.102. The van der Waals surface area contributed by atoms with Crippen LogP contribution in [0.4, 0.5) is 11.6 Å². The number of rotatable bonds is 3. The molecule has 1 aromatic carbocycles. The van der Waals surface area contributed by atoms with Gasteiger partial charge in [-0.15, -0.1) is 0 Å². The predicted molar refractivity (Wildman–Crippen MR) is 98.5 cm³/mol. The van der Waals surface area contributed by atoms with Gasteiger partial charge < -0.3 is 10.6 Å². The highest BCUT2D eigenvalue weighted by atomic mass is 16.1. The molecule has 0 fully saturated rings. The Kier molecular flexibility index (Phi) is 4.92. The second kappa shape index (κ2) is 6.59. The number of carbonyl (C=O) groups is 1. The number of nitrogens with zero attached hydrogens (tertiary/aromatic N) is 2. The molecule has 0 atom stereocenters. The van der Waals surface area contributed by atoms with Crippen LogP contribution in [0.3, 0.4) is 0 Å². The predicted octanol–water partition coefficient (Wildman–Crippen LogP) is 4.24. The minimum atomic E-state index is -0.244. The minimum absolute atomic E-state index is 0.0610. The van der Waals surface area contributed by atoms with Crippen molar-refractivity contribution < 1.29 is 4.79 Å². The summed E-state index contributed by atoms with van der Waals surface area (Å²) >= 11 is 0. The Hall–Kier alpha value is -2.43. The molecule has 2 N–H and O–H groups in total. The van der Waals surface area contributed by atoms with Gasteiger partial charge in [-0.1, -0.05) is 39.0 Å². The van der Waals surface area contributed by atoms with Gasteiger partial charge in [0.15, 0.2) is 0 Å². The van der Waals surface area contributed by atoms with E-state index in [1.807, 2.05) is 45.0 Å². The first-order chi connectivity index (χ1) is 11.1. The van der Waals surface area contributed by atoms with E-state index in [0.29, 0.717) is 11.6 Å². The molecule has 0 radical (unpaired) electrons. The Bertz CT molecular complexity index is 727. The van der Waals surface area contributed by atoms with Crippen molar-refractivity contribution in [3.8, 4) is 0 Å². The number of hydrogen-bond acceptors (Lipinski definition) is 4. The Balaban J connectivity index is 2.24. The smallest absolute Gasteiger partial charge is 0.274 e. The van der Waals surface area contributed by atoms with E-state index in [-0.39, 0.29) is 16.9 Å². The Labute approximate surface area is 143 Å². The zero-order valence-electron chi connectivity index (χ0n) is 15.3. The van der Waals surface area contributed by atoms with Crippen molar-refractivity contribution in [2.45, 2.75) is 52.5 Å². The van der Waals surface area contributed by atoms with Gasteiger partial charge in [0.05, 0.1) is 0 Å². The van der Waals surface area contributed by atoms with Crippen LogP contribution in [0, 0.1) is 0 Å². The quantitative estimate of drug-likeness (QED) is 0.885. The fourth-order valence-corrected chi connectivity index (χ4v) is 2.31. The van der Waals surface area contributed by atoms with Gasteiger partial charge in [0.25, 0.3) is 5.91 Å². The molecule has 0 aliphatic rings. The number of benzene rings is 1. The summed E-state index contributed by atoms with van der Waals surface area (Å²) in [6.45, 7) is 12.4. The highest BCUT2D eigenvalue weighted by Crippen LogP contribution is 2.29. The molecule has 1 aromatic heterocycles. The van der Waals surface area contributed by atoms with Crippen molar-refractivity contribution >= 4 is 17.5 Å². The number of anilines is 2. The fraction of sp³-hybridized carbons (Fsp3) is 0.421. The zero-order chi connectivity index (χ0) is 18.0. The molecule has 0 aliphatic carbocycles. The maximum atomic E-state index is 12.6. The molecule has 2 aromatic rings. The highest BCUT2D eigenvalue weighted by Gasteiger charge is 2.20. The third kappa shape index (κ3) is 4.78. The molecule has 5 heteroatoms. The number of amides is 1. The van der Waals surface area contributed by atoms with Crippen LogP contribution in [0.15, 0.2) is 36.5 Å². The average molecular weight is 326 g/mol. The SMILES string of the molecule is CC(C)(C)Nc1nccc(C(=O)Nc2ccccc2C(C)(C)C)n1. The number of aromatic nitrogens is 2. The summed E-state index contributed by atoms with van der Waals surface area (Å²) in [7, 11) is 0. The van der Waals surface area contributed by atoms with Crippen LogP contribution in [0.1, 0.15) is 57.6 Å². The average Bonchev–Trinajstić information content (AvgIpc) is 2.45. The summed E-state index contributed by atoms with van der Waals surface area (Å²) in [5, 5.41) is 6.14. The van der Waals surface area contributed by atoms with Crippen molar-refractivity contribution in [2.75, 3.05) is 10.6 Å². The molecule has 2 rings (SSSR count). The summed E-state index contributed by atoms with van der Waals surface area (Å²) in [4.78, 5) is 21.1. The summed E-state index contributed by atoms with van der Waals surface area (Å²) < 4.78 is 0. The van der Waals surface area contributed by atoms with Gasteiger partial charge in [0.1, 0.15) is 5.69 Å². The van der Waals surface area contributed by atoms with E-state index in [2.05, 4.69) is 41.4 Å². The van der Waals surface area contributed by atoms with Crippen molar-refractivity contribution in [2.24, 2.45) is 0 Å². The lowest BCUT2D eigenvalue weighted by atomic mass is 9.86. The summed E-state index contributed by atoms with van der Waals surface area (Å²) in [5.41, 5.74) is 1.99. The fourth-order valence-electron chi connectivity index (χ4n) is 2.31. The summed E-state index contributed by atoms with van der Waals surface area (Å²) in [5.74, 6) is 0.199. The molecule has 24 heavy (non-hydrogen) atoms. The summed E-state index contributed by atoms with van der Waals surface area (Å²) in [6.07, 6.45) is 1.59. The third-order valence-corrected chi connectivity index (χ3v) is 3.36. The molecular formula is C19H26N4O. The number of nitrogens with one attached hydrogen (secondary N) is 2. The Morgan fingerprint density at radius 2 is 1.67 bits per heavy atom. The van der Waals surface area contributed by atoms with Crippen molar-refractivity contribution in [3.05, 3.63) is 47.8 Å². The lowest BCUT2D eigenvalue weighted by Gasteiger charge is -2.23. The van der Waals surface area contributed by atoms with Crippen LogP contribution in [-0.4, -0.2) is 21.4 Å². The van der Waals surface area contributed by atoms with Gasteiger partial charge in [-0.25, -0.2) is 9.97 Å². The van der Waals surface area contributed by atoms with Crippen molar-refractivity contribution in [1.82, 2.24) is 9.97 Å². The molecule has 0 spiro atoms. The van der Waals surface area contributed by atoms with Crippen LogP contribution in [0.5, 0.6) is 0 Å². The van der Waals surface area contributed by atoms with Crippen LogP contribution in [0.2, 0.25) is 0 Å². The van der Waals surface area contributed by atoms with Gasteiger partial charge in [0, 0.05) is 17.4 Å². The standard InChI is InChI=1S/C19H26N4O/c1-18(2,3)13-9-7-8-10-14(13)21-16(24)15-11-12-20-17(22-15)23-19(4,5)6/h7-12H,1-6H3,(H,21,24)(H,20,22,23). The molecule has 0 saturated heterocycles. The maximum Gasteiger partial charge on any atom is 0.274 e. The molecular weight excluding hydrogens is 300 g/mol. The van der Waals surface area contributed by atoms with Gasteiger partial charge in [0.2, 0.25) is 5.95 Å². The first-order valence-electron chi connectivity index (χ1n) is 8.08. The molecule has 0 saturated carbocycles. The topological polar surface area (TPSA) is 66.9 Å². The lowest BCUT2D eigenvalue weighted by Crippen LogP contribution is -2.28. The van der Waals surface area contributed by atoms with Gasteiger partial charge in [-0.2, -0.15) is 0 Å². The number of carbonyl (C=O) groups excluding carboxylic acids is 1. The number of hydrogen-bond donors (Lipinski definition) is 2. The first-order valence-corrected chi connectivity index (χ1v) is 8.08. The first kappa shape index (κ1) is 17.9. The van der Waals surface area contributed by atoms with Crippen LogP contribution in [-0.2, 0) is 5.41 Å². The van der Waals surface area contributed by atoms with E-state index in [1.165, 1.54) is 0 Å². The van der Waals surface area contributed by atoms with Crippen molar-refractivity contribution in [3.63, 3.8) is 0 Å². The monoisotopic (exact) mass is 326 g/mol. The van der Waals surface area contributed by atoms with E-state index in [9.17, 15) is 4.79 Å². The van der Waals surface area contributed by atoms with Gasteiger partial charge >= 0.3 is 0 Å². The minimum Gasteiger partial charge on any atom is -0.350 e. The van der Waals surface area contributed by atoms with E-state index in [4.69, 9.17) is 0 Å². The molecule has 5 nitrogen and oxygen atoms in total. The normalized spacial score (nSPS) is 11.9. The molecule has 0 aliphatic heterocycles. The third-order valence-electron chi connectivity index (χ3n) is 3.36. The molecule has 0 bridgehead atoms. The van der Waals surface area contributed by atoms with E-state index in [1.54, 1.807) is 12.3 Å². The van der Waals surface area contributed by atoms with Gasteiger partial charge in [-0.3, -0.25) is 4.79 Å². The van der Waals surface area contributed by atoms with Crippen molar-refractivity contribution in [1.29, 1.82) is 0 Å².